The third kappa shape index (κ3) is 4.95. The minimum absolute atomic E-state index is 0.00225. The van der Waals surface area contributed by atoms with Gasteiger partial charge in [-0.3, -0.25) is 9.78 Å². The van der Waals surface area contributed by atoms with Gasteiger partial charge in [-0.1, -0.05) is 23.7 Å². The molecule has 3 N–H and O–H groups in total. The topological polar surface area (TPSA) is 89.6 Å². The predicted octanol–water partition coefficient (Wildman–Crippen LogP) is 5.01. The second kappa shape index (κ2) is 9.05. The number of carbonyl (C=O) groups is 1. The van der Waals surface area contributed by atoms with Gasteiger partial charge in [0.05, 0.1) is 23.4 Å². The zero-order valence-corrected chi connectivity index (χ0v) is 16.8. The number of alkyl halides is 3. The van der Waals surface area contributed by atoms with E-state index in [4.69, 9.17) is 22.1 Å². The third-order valence-electron chi connectivity index (χ3n) is 4.24. The maximum atomic E-state index is 13.8. The molecule has 1 amide bonds. The van der Waals surface area contributed by atoms with Gasteiger partial charge in [0, 0.05) is 29.7 Å². The molecule has 0 saturated carbocycles. The van der Waals surface area contributed by atoms with Gasteiger partial charge in [0.15, 0.2) is 5.71 Å². The average molecular weight is 449 g/mol. The van der Waals surface area contributed by atoms with Crippen LogP contribution < -0.4 is 15.8 Å². The highest BCUT2D eigenvalue weighted by molar-refractivity contribution is 6.32. The normalized spacial score (nSPS) is 12.7. The van der Waals surface area contributed by atoms with Gasteiger partial charge in [0.25, 0.3) is 5.91 Å². The quantitative estimate of drug-likeness (QED) is 0.424. The summed E-state index contributed by atoms with van der Waals surface area (Å²) in [7, 11) is 1.41. The summed E-state index contributed by atoms with van der Waals surface area (Å²) in [6.45, 7) is 0. The fourth-order valence-electron chi connectivity index (χ4n) is 2.80. The number of methoxy groups -OCH3 is 1. The van der Waals surface area contributed by atoms with Gasteiger partial charge in [0.2, 0.25) is 0 Å². The molecule has 0 unspecified atom stereocenters. The van der Waals surface area contributed by atoms with Crippen molar-refractivity contribution >= 4 is 45.4 Å². The summed E-state index contributed by atoms with van der Waals surface area (Å²) in [6, 6.07) is 10.5. The maximum absolute atomic E-state index is 13.8. The average Bonchev–Trinajstić information content (AvgIpc) is 2.73. The number of carbonyl (C=O) groups excluding carboxylic acids is 1. The molecule has 160 valence electrons. The third-order valence-corrected chi connectivity index (χ3v) is 4.53. The van der Waals surface area contributed by atoms with Crippen LogP contribution in [-0.2, 0) is 4.79 Å². The summed E-state index contributed by atoms with van der Waals surface area (Å²) in [5, 5.41) is 3.55. The number of amides is 1. The van der Waals surface area contributed by atoms with Crippen molar-refractivity contribution in [2.75, 3.05) is 12.4 Å². The van der Waals surface area contributed by atoms with E-state index in [9.17, 15) is 18.0 Å². The zero-order chi connectivity index (χ0) is 22.6. The van der Waals surface area contributed by atoms with E-state index in [1.165, 1.54) is 43.8 Å². The molecule has 0 radical (unpaired) electrons. The highest BCUT2D eigenvalue weighted by Crippen LogP contribution is 2.31. The van der Waals surface area contributed by atoms with Crippen molar-refractivity contribution in [3.63, 3.8) is 0 Å². The molecule has 2 aromatic carbocycles. The van der Waals surface area contributed by atoms with Crippen LogP contribution in [0.1, 0.15) is 0 Å². The Morgan fingerprint density at radius 1 is 1.26 bits per heavy atom. The summed E-state index contributed by atoms with van der Waals surface area (Å²) in [4.78, 5) is 20.3. The Kier molecular flexibility index (Phi) is 6.45. The van der Waals surface area contributed by atoms with E-state index in [1.807, 2.05) is 0 Å². The maximum Gasteiger partial charge on any atom is 0.434 e. The Balaban J connectivity index is 2.01. The molecule has 1 heterocycles. The van der Waals surface area contributed by atoms with Gasteiger partial charge in [-0.25, -0.2) is 4.99 Å². The second-order valence-electron chi connectivity index (χ2n) is 6.22. The van der Waals surface area contributed by atoms with E-state index < -0.39 is 23.4 Å². The number of rotatable bonds is 5. The Morgan fingerprint density at radius 2 is 2.03 bits per heavy atom. The van der Waals surface area contributed by atoms with Crippen LogP contribution in [-0.4, -0.2) is 29.9 Å². The van der Waals surface area contributed by atoms with Gasteiger partial charge in [0.1, 0.15) is 5.75 Å². The van der Waals surface area contributed by atoms with Crippen molar-refractivity contribution in [1.82, 2.24) is 4.98 Å². The van der Waals surface area contributed by atoms with Gasteiger partial charge in [-0.15, -0.1) is 0 Å². The number of nitrogens with one attached hydrogen (secondary N) is 1. The van der Waals surface area contributed by atoms with Crippen LogP contribution in [0.2, 0.25) is 5.02 Å². The fraction of sp³-hybridized carbons (Fsp3) is 0.0952. The monoisotopic (exact) mass is 448 g/mol. The predicted molar refractivity (Wildman–Crippen MR) is 114 cm³/mol. The summed E-state index contributed by atoms with van der Waals surface area (Å²) < 4.78 is 46.5. The molecular formula is C21H16ClF3N4O2. The molecule has 10 heteroatoms. The minimum Gasteiger partial charge on any atom is -0.495 e. The molecule has 0 fully saturated rings. The van der Waals surface area contributed by atoms with Crippen molar-refractivity contribution < 1.29 is 22.7 Å². The summed E-state index contributed by atoms with van der Waals surface area (Å²) in [5.41, 5.74) is 3.27. The van der Waals surface area contributed by atoms with E-state index in [-0.39, 0.29) is 16.4 Å². The Hall–Kier alpha value is -3.59. The number of aromatic nitrogens is 1. The van der Waals surface area contributed by atoms with Crippen LogP contribution in [0.25, 0.3) is 10.8 Å². The van der Waals surface area contributed by atoms with E-state index >= 15 is 0 Å². The lowest BCUT2D eigenvalue weighted by Gasteiger charge is -2.15. The van der Waals surface area contributed by atoms with Gasteiger partial charge in [-0.05, 0) is 35.7 Å². The largest absolute Gasteiger partial charge is 0.495 e. The van der Waals surface area contributed by atoms with E-state index in [0.717, 1.165) is 0 Å². The van der Waals surface area contributed by atoms with E-state index in [1.54, 1.807) is 18.2 Å². The molecule has 3 rings (SSSR count). The van der Waals surface area contributed by atoms with Crippen LogP contribution in [0.15, 0.2) is 71.6 Å². The Morgan fingerprint density at radius 3 is 2.68 bits per heavy atom. The number of hydrogen-bond acceptors (Lipinski definition) is 5. The minimum atomic E-state index is -4.95. The van der Waals surface area contributed by atoms with Crippen molar-refractivity contribution in [3.8, 4) is 5.75 Å². The number of nitrogens with zero attached hydrogens (tertiary/aromatic N) is 2. The van der Waals surface area contributed by atoms with Crippen LogP contribution in [0.3, 0.4) is 0 Å². The first-order chi connectivity index (χ1) is 14.7. The lowest BCUT2D eigenvalue weighted by molar-refractivity contribution is -0.113. The first-order valence-electron chi connectivity index (χ1n) is 8.80. The molecule has 0 bridgehead atoms. The number of fused-ring (bicyclic) bond motifs is 1. The summed E-state index contributed by atoms with van der Waals surface area (Å²) >= 11 is 6.00. The van der Waals surface area contributed by atoms with E-state index in [2.05, 4.69) is 15.3 Å². The summed E-state index contributed by atoms with van der Waals surface area (Å²) in [6.07, 6.45) is -1.48. The first kappa shape index (κ1) is 22.1. The number of hydrogen-bond donors (Lipinski definition) is 2. The highest BCUT2D eigenvalue weighted by Gasteiger charge is 2.40. The molecule has 0 aliphatic carbocycles. The van der Waals surface area contributed by atoms with Crippen molar-refractivity contribution in [1.29, 1.82) is 0 Å². The summed E-state index contributed by atoms with van der Waals surface area (Å²) in [5.74, 6) is -0.755. The molecule has 31 heavy (non-hydrogen) atoms. The van der Waals surface area contributed by atoms with Crippen LogP contribution in [0, 0.1) is 0 Å². The van der Waals surface area contributed by atoms with Crippen LogP contribution in [0.4, 0.5) is 24.5 Å². The number of pyridine rings is 1. The van der Waals surface area contributed by atoms with Crippen LogP contribution in [0.5, 0.6) is 5.75 Å². The van der Waals surface area contributed by atoms with Crippen molar-refractivity contribution in [2.45, 2.75) is 6.18 Å². The number of anilines is 1. The standard InChI is InChI=1S/C21H16ClF3N4O2/c1-31-18-6-5-13(9-16(18)22)28-20(30)14(10-26)19(21(23,24)25)29-17-4-2-3-12-7-8-27-11-15(12)17/h2-11H,26H2,1H3,(H,28,30). The van der Waals surface area contributed by atoms with Crippen LogP contribution >= 0.6 is 11.6 Å². The molecule has 0 saturated heterocycles. The molecule has 0 aliphatic heterocycles. The molecule has 1 aromatic heterocycles. The number of ether oxygens (including phenoxy) is 1. The molecule has 0 spiro atoms. The molecular weight excluding hydrogens is 433 g/mol. The lowest BCUT2D eigenvalue weighted by Crippen LogP contribution is -2.32. The number of aliphatic imine (C=N–C) groups is 1. The van der Waals surface area contributed by atoms with E-state index in [0.29, 0.717) is 22.7 Å². The Bertz CT molecular complexity index is 1190. The SMILES string of the molecule is COc1ccc(NC(=O)C(=CN)C(=Nc2cccc3ccncc23)C(F)(F)F)cc1Cl. The second-order valence-corrected chi connectivity index (χ2v) is 6.62. The molecule has 0 atom stereocenters. The first-order valence-corrected chi connectivity index (χ1v) is 9.18. The smallest absolute Gasteiger partial charge is 0.434 e. The van der Waals surface area contributed by atoms with Gasteiger partial charge >= 0.3 is 6.18 Å². The number of halogens is 4. The Labute approximate surface area is 180 Å². The zero-order valence-electron chi connectivity index (χ0n) is 16.1. The fourth-order valence-corrected chi connectivity index (χ4v) is 3.05. The highest BCUT2D eigenvalue weighted by atomic mass is 35.5. The molecule has 3 aromatic rings. The van der Waals surface area contributed by atoms with Gasteiger partial charge < -0.3 is 15.8 Å². The number of benzene rings is 2. The molecule has 6 nitrogen and oxygen atoms in total. The lowest BCUT2D eigenvalue weighted by atomic mass is 10.1. The molecule has 0 aliphatic rings. The van der Waals surface area contributed by atoms with Crippen molar-refractivity contribution in [3.05, 3.63) is 71.7 Å². The van der Waals surface area contributed by atoms with Gasteiger partial charge in [-0.2, -0.15) is 13.2 Å². The van der Waals surface area contributed by atoms with Crippen molar-refractivity contribution in [2.24, 2.45) is 10.7 Å². The number of nitrogens with two attached hydrogens (primary N) is 1.